The van der Waals surface area contributed by atoms with Crippen LogP contribution in [0.5, 0.6) is 0 Å². The summed E-state index contributed by atoms with van der Waals surface area (Å²) in [4.78, 5) is 14.1. The van der Waals surface area contributed by atoms with Gasteiger partial charge in [0, 0.05) is 29.8 Å². The van der Waals surface area contributed by atoms with Gasteiger partial charge in [-0.2, -0.15) is 0 Å². The van der Waals surface area contributed by atoms with E-state index in [9.17, 15) is 13.2 Å². The van der Waals surface area contributed by atoms with Crippen molar-refractivity contribution in [2.75, 3.05) is 25.0 Å². The van der Waals surface area contributed by atoms with Crippen molar-refractivity contribution in [2.45, 2.75) is 23.8 Å². The molecule has 0 atom stereocenters. The van der Waals surface area contributed by atoms with Crippen molar-refractivity contribution in [3.8, 4) is 0 Å². The van der Waals surface area contributed by atoms with E-state index >= 15 is 0 Å². The number of hydrogen-bond donors (Lipinski definition) is 2. The van der Waals surface area contributed by atoms with Gasteiger partial charge in [0.15, 0.2) is 0 Å². The highest BCUT2D eigenvalue weighted by Crippen LogP contribution is 2.25. The standard InChI is InChI=1S/C19H21Cl2N3O3S/c20-14-6-7-17(21)18(12-14)28(26,27)23-16-8-10-24(11-9-16)13-19(25)22-15-4-2-1-3-5-15/h1-7,12,16,23H,8-11,13H2,(H,22,25). The number of anilines is 1. The molecular formula is C19H21Cl2N3O3S. The van der Waals surface area contributed by atoms with Crippen LogP contribution in [0.1, 0.15) is 12.8 Å². The van der Waals surface area contributed by atoms with Crippen molar-refractivity contribution in [2.24, 2.45) is 0 Å². The summed E-state index contributed by atoms with van der Waals surface area (Å²) in [6, 6.07) is 13.4. The monoisotopic (exact) mass is 441 g/mol. The Morgan fingerprint density at radius 2 is 1.75 bits per heavy atom. The van der Waals surface area contributed by atoms with Gasteiger partial charge in [0.1, 0.15) is 4.90 Å². The first-order valence-electron chi connectivity index (χ1n) is 8.88. The second kappa shape index (κ2) is 9.24. The molecule has 2 N–H and O–H groups in total. The number of sulfonamides is 1. The van der Waals surface area contributed by atoms with Gasteiger partial charge in [-0.3, -0.25) is 9.69 Å². The van der Waals surface area contributed by atoms with Gasteiger partial charge in [0.05, 0.1) is 11.6 Å². The SMILES string of the molecule is O=C(CN1CCC(NS(=O)(=O)c2cc(Cl)ccc2Cl)CC1)Nc1ccccc1. The predicted octanol–water partition coefficient (Wildman–Crippen LogP) is 3.37. The van der Waals surface area contributed by atoms with Gasteiger partial charge in [-0.25, -0.2) is 13.1 Å². The maximum absolute atomic E-state index is 12.6. The second-order valence-electron chi connectivity index (χ2n) is 6.66. The van der Waals surface area contributed by atoms with Crippen molar-refractivity contribution >= 4 is 44.8 Å². The van der Waals surface area contributed by atoms with Gasteiger partial charge < -0.3 is 5.32 Å². The summed E-state index contributed by atoms with van der Waals surface area (Å²) in [5.74, 6) is -0.0871. The van der Waals surface area contributed by atoms with Crippen molar-refractivity contribution in [1.29, 1.82) is 0 Å². The van der Waals surface area contributed by atoms with Crippen LogP contribution in [0.2, 0.25) is 10.0 Å². The van der Waals surface area contributed by atoms with E-state index in [1.807, 2.05) is 35.2 Å². The first-order chi connectivity index (χ1) is 13.3. The van der Waals surface area contributed by atoms with E-state index in [1.54, 1.807) is 6.07 Å². The van der Waals surface area contributed by atoms with E-state index < -0.39 is 10.0 Å². The zero-order chi connectivity index (χ0) is 20.1. The number of likely N-dealkylation sites (tertiary alicyclic amines) is 1. The minimum atomic E-state index is -3.76. The normalized spacial score (nSPS) is 16.1. The van der Waals surface area contributed by atoms with Gasteiger partial charge in [-0.15, -0.1) is 0 Å². The summed E-state index contributed by atoms with van der Waals surface area (Å²) < 4.78 is 27.9. The van der Waals surface area contributed by atoms with Crippen LogP contribution < -0.4 is 10.0 Å². The van der Waals surface area contributed by atoms with Gasteiger partial charge >= 0.3 is 0 Å². The van der Waals surface area contributed by atoms with Crippen LogP contribution in [0, 0.1) is 0 Å². The molecule has 3 rings (SSSR count). The summed E-state index contributed by atoms with van der Waals surface area (Å²) >= 11 is 11.9. The predicted molar refractivity (Wildman–Crippen MR) is 111 cm³/mol. The molecule has 2 aromatic rings. The quantitative estimate of drug-likeness (QED) is 0.719. The highest BCUT2D eigenvalue weighted by Gasteiger charge is 2.27. The number of hydrogen-bond acceptors (Lipinski definition) is 4. The maximum Gasteiger partial charge on any atom is 0.242 e. The lowest BCUT2D eigenvalue weighted by atomic mass is 10.1. The molecule has 1 aliphatic heterocycles. The number of nitrogens with one attached hydrogen (secondary N) is 2. The number of para-hydroxylation sites is 1. The Bertz CT molecular complexity index is 931. The Morgan fingerprint density at radius 3 is 2.43 bits per heavy atom. The van der Waals surface area contributed by atoms with E-state index in [4.69, 9.17) is 23.2 Å². The van der Waals surface area contributed by atoms with Crippen LogP contribution >= 0.6 is 23.2 Å². The zero-order valence-electron chi connectivity index (χ0n) is 15.1. The molecule has 6 nitrogen and oxygen atoms in total. The van der Waals surface area contributed by atoms with E-state index in [0.717, 1.165) is 5.69 Å². The summed E-state index contributed by atoms with van der Waals surface area (Å²) in [6.07, 6.45) is 1.21. The molecule has 1 saturated heterocycles. The van der Waals surface area contributed by atoms with Crippen LogP contribution in [0.3, 0.4) is 0 Å². The summed E-state index contributed by atoms with van der Waals surface area (Å²) in [5.41, 5.74) is 0.758. The summed E-state index contributed by atoms with van der Waals surface area (Å²) in [5, 5.41) is 3.29. The number of piperidine rings is 1. The third-order valence-corrected chi connectivity index (χ3v) is 6.75. The van der Waals surface area contributed by atoms with Crippen molar-refractivity contribution in [3.63, 3.8) is 0 Å². The second-order valence-corrected chi connectivity index (χ2v) is 9.19. The van der Waals surface area contributed by atoms with Crippen LogP contribution in [0.25, 0.3) is 0 Å². The van der Waals surface area contributed by atoms with E-state index in [0.29, 0.717) is 31.0 Å². The fraction of sp³-hybridized carbons (Fsp3) is 0.316. The van der Waals surface area contributed by atoms with E-state index in [2.05, 4.69) is 10.0 Å². The molecule has 0 aromatic heterocycles. The molecule has 1 heterocycles. The molecule has 0 unspecified atom stereocenters. The minimum absolute atomic E-state index is 0.0219. The van der Waals surface area contributed by atoms with Gasteiger partial charge in [-0.1, -0.05) is 41.4 Å². The Labute approximate surface area is 174 Å². The molecule has 0 radical (unpaired) electrons. The number of halogens is 2. The smallest absolute Gasteiger partial charge is 0.242 e. The molecule has 9 heteroatoms. The Hall–Kier alpha value is -1.64. The van der Waals surface area contributed by atoms with Crippen molar-refractivity contribution in [3.05, 3.63) is 58.6 Å². The van der Waals surface area contributed by atoms with Crippen molar-refractivity contribution < 1.29 is 13.2 Å². The molecule has 0 saturated carbocycles. The Balaban J connectivity index is 1.51. The Morgan fingerprint density at radius 1 is 1.07 bits per heavy atom. The van der Waals surface area contributed by atoms with Crippen LogP contribution in [-0.2, 0) is 14.8 Å². The molecule has 1 amide bonds. The molecule has 1 fully saturated rings. The van der Waals surface area contributed by atoms with Crippen LogP contribution in [-0.4, -0.2) is 44.9 Å². The lowest BCUT2D eigenvalue weighted by molar-refractivity contribution is -0.117. The average molecular weight is 442 g/mol. The highest BCUT2D eigenvalue weighted by molar-refractivity contribution is 7.89. The molecular weight excluding hydrogens is 421 g/mol. The van der Waals surface area contributed by atoms with E-state index in [-0.39, 0.29) is 28.4 Å². The summed E-state index contributed by atoms with van der Waals surface area (Å²) in [6.45, 7) is 1.52. The Kier molecular flexibility index (Phi) is 6.95. The van der Waals surface area contributed by atoms with Gasteiger partial charge in [-0.05, 0) is 43.2 Å². The zero-order valence-corrected chi connectivity index (χ0v) is 17.4. The van der Waals surface area contributed by atoms with Crippen molar-refractivity contribution in [1.82, 2.24) is 9.62 Å². The molecule has 2 aromatic carbocycles. The fourth-order valence-corrected chi connectivity index (χ4v) is 5.17. The number of carbonyl (C=O) groups excluding carboxylic acids is 1. The molecule has 1 aliphatic rings. The van der Waals surface area contributed by atoms with Gasteiger partial charge in [0.2, 0.25) is 15.9 Å². The average Bonchev–Trinajstić information content (AvgIpc) is 2.66. The number of carbonyl (C=O) groups is 1. The first-order valence-corrected chi connectivity index (χ1v) is 11.1. The molecule has 0 spiro atoms. The van der Waals surface area contributed by atoms with Crippen LogP contribution in [0.15, 0.2) is 53.4 Å². The third-order valence-electron chi connectivity index (χ3n) is 4.52. The highest BCUT2D eigenvalue weighted by atomic mass is 35.5. The molecule has 28 heavy (non-hydrogen) atoms. The molecule has 0 bridgehead atoms. The van der Waals surface area contributed by atoms with Gasteiger partial charge in [0.25, 0.3) is 0 Å². The van der Waals surface area contributed by atoms with Crippen LogP contribution in [0.4, 0.5) is 5.69 Å². The number of rotatable bonds is 6. The third kappa shape index (κ3) is 5.68. The minimum Gasteiger partial charge on any atom is -0.325 e. The first kappa shape index (κ1) is 21.1. The van der Waals surface area contributed by atoms with E-state index in [1.165, 1.54) is 12.1 Å². The largest absolute Gasteiger partial charge is 0.325 e. The maximum atomic E-state index is 12.6. The number of benzene rings is 2. The topological polar surface area (TPSA) is 78.5 Å². The molecule has 0 aliphatic carbocycles. The fourth-order valence-electron chi connectivity index (χ4n) is 3.10. The number of amides is 1. The number of nitrogens with zero attached hydrogens (tertiary/aromatic N) is 1. The lowest BCUT2D eigenvalue weighted by Crippen LogP contribution is -2.46. The summed E-state index contributed by atoms with van der Waals surface area (Å²) in [7, 11) is -3.76. The molecule has 150 valence electrons. The lowest BCUT2D eigenvalue weighted by Gasteiger charge is -2.31.